The molecule has 2 aromatic heterocycles. The minimum atomic E-state index is -0.417. The third-order valence-electron chi connectivity index (χ3n) is 5.01. The van der Waals surface area contributed by atoms with Crippen molar-refractivity contribution in [3.8, 4) is 22.7 Å². The Balaban J connectivity index is 1.79. The quantitative estimate of drug-likeness (QED) is 0.310. The Kier molecular flexibility index (Phi) is 4.14. The maximum atomic E-state index is 11.0. The van der Waals surface area contributed by atoms with Crippen LogP contribution in [0.25, 0.3) is 38.9 Å². The van der Waals surface area contributed by atoms with Crippen LogP contribution in [-0.4, -0.2) is 26.8 Å². The van der Waals surface area contributed by atoms with E-state index in [1.807, 2.05) is 48.5 Å². The molecule has 0 amide bonds. The van der Waals surface area contributed by atoms with Crippen LogP contribution in [-0.2, 0) is 0 Å². The molecule has 7 nitrogen and oxygen atoms in total. The van der Waals surface area contributed by atoms with Gasteiger partial charge in [0.25, 0.3) is 5.69 Å². The van der Waals surface area contributed by atoms with Gasteiger partial charge in [0.2, 0.25) is 0 Å². The second kappa shape index (κ2) is 6.97. The summed E-state index contributed by atoms with van der Waals surface area (Å²) in [7, 11) is 1.63. The number of hydrogen-bond donors (Lipinski definition) is 0. The highest BCUT2D eigenvalue weighted by molar-refractivity contribution is 5.99. The van der Waals surface area contributed by atoms with E-state index in [0.29, 0.717) is 11.3 Å². The molecule has 5 rings (SSSR count). The van der Waals surface area contributed by atoms with Crippen LogP contribution in [0.2, 0.25) is 0 Å². The van der Waals surface area contributed by atoms with Gasteiger partial charge in [-0.2, -0.15) is 5.10 Å². The second-order valence-corrected chi connectivity index (χ2v) is 6.82. The summed E-state index contributed by atoms with van der Waals surface area (Å²) in [5.41, 5.74) is 3.98. The van der Waals surface area contributed by atoms with Gasteiger partial charge < -0.3 is 4.74 Å². The maximum Gasteiger partial charge on any atom is 0.269 e. The monoisotopic (exact) mass is 396 g/mol. The summed E-state index contributed by atoms with van der Waals surface area (Å²) in [5.74, 6) is 0.757. The largest absolute Gasteiger partial charge is 0.497 e. The van der Waals surface area contributed by atoms with Gasteiger partial charge in [-0.05, 0) is 36.4 Å². The first-order valence-corrected chi connectivity index (χ1v) is 9.32. The van der Waals surface area contributed by atoms with E-state index in [-0.39, 0.29) is 5.69 Å². The van der Waals surface area contributed by atoms with Gasteiger partial charge >= 0.3 is 0 Å². The molecule has 0 aliphatic carbocycles. The Hall–Kier alpha value is -4.26. The van der Waals surface area contributed by atoms with Crippen LogP contribution in [0.3, 0.4) is 0 Å². The first-order valence-electron chi connectivity index (χ1n) is 9.32. The molecule has 0 radical (unpaired) electrons. The van der Waals surface area contributed by atoms with E-state index in [9.17, 15) is 10.1 Å². The zero-order valence-corrected chi connectivity index (χ0v) is 16.0. The molecule has 146 valence electrons. The summed E-state index contributed by atoms with van der Waals surface area (Å²) in [4.78, 5) is 15.4. The smallest absolute Gasteiger partial charge is 0.269 e. The normalized spacial score (nSPS) is 11.1. The van der Waals surface area contributed by atoms with Crippen LogP contribution in [0.1, 0.15) is 0 Å². The Morgan fingerprint density at radius 2 is 1.73 bits per heavy atom. The molecular weight excluding hydrogens is 380 g/mol. The SMILES string of the molecule is COc1ccc2nc3c(cc2c1)c(-c1ccccc1)nn3-c1ccc([N+](=O)[O-])cc1. The number of rotatable bonds is 4. The number of non-ortho nitro benzene ring substituents is 1. The van der Waals surface area contributed by atoms with E-state index in [1.165, 1.54) is 12.1 Å². The molecule has 0 aliphatic heterocycles. The summed E-state index contributed by atoms with van der Waals surface area (Å²) >= 11 is 0. The fourth-order valence-electron chi connectivity index (χ4n) is 3.51. The zero-order chi connectivity index (χ0) is 20.7. The van der Waals surface area contributed by atoms with Gasteiger partial charge in [-0.3, -0.25) is 10.1 Å². The van der Waals surface area contributed by atoms with Crippen molar-refractivity contribution in [3.63, 3.8) is 0 Å². The molecule has 0 saturated heterocycles. The number of aromatic nitrogens is 3. The summed E-state index contributed by atoms with van der Waals surface area (Å²) in [6, 6.07) is 23.9. The molecule has 3 aromatic carbocycles. The Morgan fingerprint density at radius 3 is 2.43 bits per heavy atom. The molecule has 0 unspecified atom stereocenters. The molecule has 0 N–H and O–H groups in total. The number of hydrogen-bond acceptors (Lipinski definition) is 5. The van der Waals surface area contributed by atoms with Crippen molar-refractivity contribution in [2.75, 3.05) is 7.11 Å². The summed E-state index contributed by atoms with van der Waals surface area (Å²) in [6.07, 6.45) is 0. The lowest BCUT2D eigenvalue weighted by atomic mass is 10.1. The molecule has 0 saturated carbocycles. The Bertz CT molecular complexity index is 1390. The van der Waals surface area contributed by atoms with Crippen molar-refractivity contribution in [2.45, 2.75) is 0 Å². The van der Waals surface area contributed by atoms with E-state index in [0.717, 1.165) is 33.3 Å². The van der Waals surface area contributed by atoms with Crippen molar-refractivity contribution < 1.29 is 9.66 Å². The Labute approximate surface area is 171 Å². The zero-order valence-electron chi connectivity index (χ0n) is 16.0. The van der Waals surface area contributed by atoms with E-state index in [1.54, 1.807) is 23.9 Å². The number of methoxy groups -OCH3 is 1. The molecular formula is C23H16N4O3. The number of nitro groups is 1. The lowest BCUT2D eigenvalue weighted by Crippen LogP contribution is -1.98. The van der Waals surface area contributed by atoms with Gasteiger partial charge in [0, 0.05) is 28.5 Å². The number of fused-ring (bicyclic) bond motifs is 2. The van der Waals surface area contributed by atoms with Crippen LogP contribution in [0.5, 0.6) is 5.75 Å². The molecule has 0 bridgehead atoms. The molecule has 0 atom stereocenters. The minimum Gasteiger partial charge on any atom is -0.497 e. The van der Waals surface area contributed by atoms with Crippen molar-refractivity contribution in [1.29, 1.82) is 0 Å². The number of nitrogens with zero attached hydrogens (tertiary/aromatic N) is 4. The average molecular weight is 396 g/mol. The highest BCUT2D eigenvalue weighted by Gasteiger charge is 2.17. The highest BCUT2D eigenvalue weighted by Crippen LogP contribution is 2.32. The summed E-state index contributed by atoms with van der Waals surface area (Å²) < 4.78 is 7.08. The molecule has 2 heterocycles. The van der Waals surface area contributed by atoms with Crippen molar-refractivity contribution >= 4 is 27.6 Å². The third kappa shape index (κ3) is 2.93. The van der Waals surface area contributed by atoms with Gasteiger partial charge in [0.15, 0.2) is 5.65 Å². The maximum absolute atomic E-state index is 11.0. The second-order valence-electron chi connectivity index (χ2n) is 6.82. The Morgan fingerprint density at radius 1 is 0.967 bits per heavy atom. The van der Waals surface area contributed by atoms with Gasteiger partial charge in [-0.1, -0.05) is 30.3 Å². The first kappa shape index (κ1) is 17.8. The third-order valence-corrected chi connectivity index (χ3v) is 5.01. The van der Waals surface area contributed by atoms with Crippen molar-refractivity contribution in [1.82, 2.24) is 14.8 Å². The highest BCUT2D eigenvalue weighted by atomic mass is 16.6. The van der Waals surface area contributed by atoms with Crippen LogP contribution in [0, 0.1) is 10.1 Å². The lowest BCUT2D eigenvalue weighted by molar-refractivity contribution is -0.384. The van der Waals surface area contributed by atoms with Gasteiger partial charge in [-0.25, -0.2) is 9.67 Å². The van der Waals surface area contributed by atoms with Gasteiger partial charge in [0.1, 0.15) is 11.4 Å². The number of benzene rings is 3. The molecule has 7 heteroatoms. The lowest BCUT2D eigenvalue weighted by Gasteiger charge is -2.05. The van der Waals surface area contributed by atoms with E-state index >= 15 is 0 Å². The van der Waals surface area contributed by atoms with Crippen molar-refractivity contribution in [3.05, 3.63) is 89.0 Å². The predicted molar refractivity (Wildman–Crippen MR) is 115 cm³/mol. The summed E-state index contributed by atoms with van der Waals surface area (Å²) in [6.45, 7) is 0. The molecule has 5 aromatic rings. The van der Waals surface area contributed by atoms with Crippen LogP contribution in [0.15, 0.2) is 78.9 Å². The van der Waals surface area contributed by atoms with Crippen molar-refractivity contribution in [2.24, 2.45) is 0 Å². The molecule has 0 aliphatic rings. The molecule has 0 fully saturated rings. The number of pyridine rings is 1. The van der Waals surface area contributed by atoms with Crippen LogP contribution >= 0.6 is 0 Å². The number of ether oxygens (including phenoxy) is 1. The van der Waals surface area contributed by atoms with E-state index in [4.69, 9.17) is 14.8 Å². The van der Waals surface area contributed by atoms with Crippen LogP contribution < -0.4 is 4.74 Å². The standard InChI is InChI=1S/C23H16N4O3/c1-30-19-11-12-21-16(13-19)14-20-22(15-5-3-2-4-6-15)25-26(23(20)24-21)17-7-9-18(10-8-17)27(28)29/h2-14H,1H3. The topological polar surface area (TPSA) is 83.1 Å². The van der Waals surface area contributed by atoms with Gasteiger partial charge in [0.05, 0.1) is 23.2 Å². The van der Waals surface area contributed by atoms with Crippen LogP contribution in [0.4, 0.5) is 5.69 Å². The molecule has 0 spiro atoms. The number of nitro benzene ring substituents is 1. The fraction of sp³-hybridized carbons (Fsp3) is 0.0435. The predicted octanol–water partition coefficient (Wildman–Crippen LogP) is 5.16. The van der Waals surface area contributed by atoms with E-state index in [2.05, 4.69) is 6.07 Å². The molecule has 30 heavy (non-hydrogen) atoms. The first-order chi connectivity index (χ1) is 14.6. The minimum absolute atomic E-state index is 0.0315. The average Bonchev–Trinajstić information content (AvgIpc) is 3.16. The van der Waals surface area contributed by atoms with Gasteiger partial charge in [-0.15, -0.1) is 0 Å². The summed E-state index contributed by atoms with van der Waals surface area (Å²) in [5, 5.41) is 17.7. The fourth-order valence-corrected chi connectivity index (χ4v) is 3.51. The van der Waals surface area contributed by atoms with E-state index < -0.39 is 4.92 Å².